The zero-order valence-electron chi connectivity index (χ0n) is 16.1. The molecule has 1 amide bonds. The Morgan fingerprint density at radius 2 is 2.00 bits per heavy atom. The summed E-state index contributed by atoms with van der Waals surface area (Å²) in [5.41, 5.74) is 1.72. The molecule has 8 nitrogen and oxygen atoms in total. The van der Waals surface area contributed by atoms with E-state index in [1.807, 2.05) is 11.0 Å². The number of hydrogen-bond acceptors (Lipinski definition) is 7. The molecule has 0 fully saturated rings. The molecule has 156 valence electrons. The third-order valence-corrected chi connectivity index (χ3v) is 6.97. The summed E-state index contributed by atoms with van der Waals surface area (Å²) in [5, 5.41) is 3.12. The van der Waals surface area contributed by atoms with E-state index in [-0.39, 0.29) is 11.3 Å². The van der Waals surface area contributed by atoms with Crippen LogP contribution in [0.3, 0.4) is 0 Å². The lowest BCUT2D eigenvalue weighted by Gasteiger charge is -2.22. The molecule has 2 aromatic rings. The van der Waals surface area contributed by atoms with E-state index in [1.54, 1.807) is 49.4 Å². The molecule has 4 rings (SSSR count). The number of benzene rings is 2. The number of nitrogens with zero attached hydrogens (tertiary/aromatic N) is 2. The average Bonchev–Trinajstić information content (AvgIpc) is 3.07. The first-order chi connectivity index (χ1) is 14.4. The molecule has 2 aromatic carbocycles. The largest absolute Gasteiger partial charge is 0.449 e. The number of carbonyl (C=O) groups excluding carboxylic acids is 2. The van der Waals surface area contributed by atoms with E-state index in [2.05, 4.69) is 9.71 Å². The Morgan fingerprint density at radius 3 is 2.73 bits per heavy atom. The molecule has 1 N–H and O–H groups in total. The number of anilines is 2. The predicted octanol–water partition coefficient (Wildman–Crippen LogP) is 2.87. The van der Waals surface area contributed by atoms with E-state index in [1.165, 1.54) is 11.8 Å². The number of hydrogen-bond donors (Lipinski definition) is 1. The van der Waals surface area contributed by atoms with E-state index in [0.717, 1.165) is 10.6 Å². The minimum atomic E-state index is -3.45. The van der Waals surface area contributed by atoms with E-state index >= 15 is 0 Å². The molecule has 30 heavy (non-hydrogen) atoms. The van der Waals surface area contributed by atoms with Gasteiger partial charge in [0.2, 0.25) is 0 Å². The van der Waals surface area contributed by atoms with Gasteiger partial charge in [-0.3, -0.25) is 4.79 Å². The summed E-state index contributed by atoms with van der Waals surface area (Å²) < 4.78 is 32.7. The van der Waals surface area contributed by atoms with Crippen LogP contribution in [0.2, 0.25) is 0 Å². The van der Waals surface area contributed by atoms with E-state index in [4.69, 9.17) is 4.74 Å². The normalized spacial score (nSPS) is 17.4. The highest BCUT2D eigenvalue weighted by atomic mass is 32.2. The number of nitrogens with one attached hydrogen (secondary N) is 1. The van der Waals surface area contributed by atoms with Crippen molar-refractivity contribution in [3.63, 3.8) is 0 Å². The summed E-state index contributed by atoms with van der Waals surface area (Å²) in [4.78, 5) is 27.6. The lowest BCUT2D eigenvalue weighted by molar-refractivity contribution is -0.124. The number of amidine groups is 1. The third kappa shape index (κ3) is 4.19. The Labute approximate surface area is 178 Å². The highest BCUT2D eigenvalue weighted by Gasteiger charge is 2.34. The molecule has 0 spiro atoms. The number of thioether (sulfide) groups is 1. The van der Waals surface area contributed by atoms with Crippen LogP contribution in [0.15, 0.2) is 57.8 Å². The second kappa shape index (κ2) is 8.11. The summed E-state index contributed by atoms with van der Waals surface area (Å²) in [6, 6.07) is 13.9. The van der Waals surface area contributed by atoms with Crippen LogP contribution in [-0.2, 0) is 19.6 Å². The fraction of sp³-hybridized carbons (Fsp3) is 0.250. The number of esters is 1. The number of carbonyl (C=O) groups is 2. The Bertz CT molecular complexity index is 1130. The van der Waals surface area contributed by atoms with Gasteiger partial charge in [-0.2, -0.15) is 0 Å². The van der Waals surface area contributed by atoms with Gasteiger partial charge < -0.3 is 15.0 Å². The fourth-order valence-corrected chi connectivity index (χ4v) is 5.42. The Hall–Kier alpha value is -2.85. The first-order valence-electron chi connectivity index (χ1n) is 9.35. The zero-order chi connectivity index (χ0) is 21.3. The van der Waals surface area contributed by atoms with Crippen molar-refractivity contribution in [2.75, 3.05) is 22.5 Å². The maximum atomic E-state index is 12.6. The van der Waals surface area contributed by atoms with Crippen LogP contribution in [-0.4, -0.2) is 43.9 Å². The predicted molar refractivity (Wildman–Crippen MR) is 115 cm³/mol. The molecule has 0 radical (unpaired) electrons. The second-order valence-electron chi connectivity index (χ2n) is 6.75. The molecule has 2 aliphatic rings. The van der Waals surface area contributed by atoms with Crippen LogP contribution in [0.1, 0.15) is 23.7 Å². The van der Waals surface area contributed by atoms with E-state index in [9.17, 15) is 18.0 Å². The smallest absolute Gasteiger partial charge is 0.338 e. The molecule has 1 atom stereocenters. The van der Waals surface area contributed by atoms with Gasteiger partial charge in [-0.25, -0.2) is 13.2 Å². The monoisotopic (exact) mass is 445 g/mol. The van der Waals surface area contributed by atoms with E-state index in [0.29, 0.717) is 23.8 Å². The number of rotatable bonds is 5. The number of sulfonamides is 1. The summed E-state index contributed by atoms with van der Waals surface area (Å²) in [7, 11) is -3.45. The standard InChI is InChI=1S/C20H19N3O5S2/c1-2-16(18(24)21-14-6-4-3-5-7-14)28-19(25)13-8-9-15-17(12-13)29-20-22-30(26,27)11-10-23(15)20/h3-9,12,16H,2,10-11H2,1H3,(H,21,24)/t16-/m0/s1. The first-order valence-corrected chi connectivity index (χ1v) is 11.8. The summed E-state index contributed by atoms with van der Waals surface area (Å²) in [6.45, 7) is 2.08. The molecular weight excluding hydrogens is 426 g/mol. The highest BCUT2D eigenvalue weighted by molar-refractivity contribution is 8.15. The minimum Gasteiger partial charge on any atom is -0.449 e. The van der Waals surface area contributed by atoms with Gasteiger partial charge in [-0.15, -0.1) is 4.40 Å². The molecule has 0 bridgehead atoms. The van der Waals surface area contributed by atoms with Gasteiger partial charge in [0.15, 0.2) is 11.3 Å². The van der Waals surface area contributed by atoms with Crippen LogP contribution in [0.25, 0.3) is 0 Å². The van der Waals surface area contributed by atoms with Crippen molar-refractivity contribution in [2.24, 2.45) is 4.40 Å². The van der Waals surface area contributed by atoms with Crippen LogP contribution < -0.4 is 10.2 Å². The van der Waals surface area contributed by atoms with Crippen LogP contribution in [0, 0.1) is 0 Å². The fourth-order valence-electron chi connectivity index (χ4n) is 3.12. The number of ether oxygens (including phenoxy) is 1. The lowest BCUT2D eigenvalue weighted by Crippen LogP contribution is -2.35. The second-order valence-corrected chi connectivity index (χ2v) is 9.52. The molecule has 0 aromatic heterocycles. The molecule has 0 saturated heterocycles. The molecule has 0 saturated carbocycles. The topological polar surface area (TPSA) is 105 Å². The third-order valence-electron chi connectivity index (χ3n) is 4.66. The van der Waals surface area contributed by atoms with Gasteiger partial charge in [0.1, 0.15) is 0 Å². The van der Waals surface area contributed by atoms with Crippen LogP contribution in [0.5, 0.6) is 0 Å². The van der Waals surface area contributed by atoms with Crippen molar-refractivity contribution >= 4 is 50.2 Å². The summed E-state index contributed by atoms with van der Waals surface area (Å²) in [5.74, 6) is -1.06. The molecule has 0 aliphatic carbocycles. The maximum Gasteiger partial charge on any atom is 0.338 e. The molecule has 2 heterocycles. The van der Waals surface area contributed by atoms with Crippen molar-refractivity contribution in [1.29, 1.82) is 0 Å². The van der Waals surface area contributed by atoms with Gasteiger partial charge in [-0.05, 0) is 48.5 Å². The molecule has 10 heteroatoms. The molecule has 2 aliphatic heterocycles. The minimum absolute atomic E-state index is 0.0466. The van der Waals surface area contributed by atoms with Gasteiger partial charge in [0.25, 0.3) is 15.9 Å². The molecule has 0 unspecified atom stereocenters. The SMILES string of the molecule is CC[C@H](OC(=O)c1ccc2c(c1)SC1=NS(=O)(=O)CCN12)C(=O)Nc1ccccc1. The lowest BCUT2D eigenvalue weighted by atomic mass is 10.2. The van der Waals surface area contributed by atoms with Gasteiger partial charge in [-0.1, -0.05) is 25.1 Å². The Balaban J connectivity index is 1.47. The van der Waals surface area contributed by atoms with Gasteiger partial charge in [0, 0.05) is 17.1 Å². The van der Waals surface area contributed by atoms with Crippen molar-refractivity contribution in [2.45, 2.75) is 24.3 Å². The van der Waals surface area contributed by atoms with E-state index < -0.39 is 28.0 Å². The molecular formula is C20H19N3O5S2. The average molecular weight is 446 g/mol. The Kier molecular flexibility index (Phi) is 5.52. The summed E-state index contributed by atoms with van der Waals surface area (Å²) >= 11 is 1.20. The van der Waals surface area contributed by atoms with Crippen molar-refractivity contribution in [3.8, 4) is 0 Å². The number of amides is 1. The quantitative estimate of drug-likeness (QED) is 0.706. The maximum absolute atomic E-state index is 12.6. The first kappa shape index (κ1) is 20.4. The van der Waals surface area contributed by atoms with Crippen LogP contribution >= 0.6 is 11.8 Å². The van der Waals surface area contributed by atoms with Crippen molar-refractivity contribution in [3.05, 3.63) is 54.1 Å². The summed E-state index contributed by atoms with van der Waals surface area (Å²) in [6.07, 6.45) is -0.605. The number of fused-ring (bicyclic) bond motifs is 3. The highest BCUT2D eigenvalue weighted by Crippen LogP contribution is 2.42. The van der Waals surface area contributed by atoms with Gasteiger partial charge >= 0.3 is 5.97 Å². The van der Waals surface area contributed by atoms with Crippen molar-refractivity contribution in [1.82, 2.24) is 0 Å². The zero-order valence-corrected chi connectivity index (χ0v) is 17.7. The van der Waals surface area contributed by atoms with Gasteiger partial charge in [0.05, 0.1) is 17.0 Å². The Morgan fingerprint density at radius 1 is 1.23 bits per heavy atom. The number of para-hydroxylation sites is 1. The van der Waals surface area contributed by atoms with Crippen LogP contribution in [0.4, 0.5) is 11.4 Å². The van der Waals surface area contributed by atoms with Crippen molar-refractivity contribution < 1.29 is 22.7 Å².